The quantitative estimate of drug-likeness (QED) is 0.760. The first-order valence-electron chi connectivity index (χ1n) is 8.20. The molecule has 5 nitrogen and oxygen atoms in total. The van der Waals surface area contributed by atoms with Crippen molar-refractivity contribution in [2.24, 2.45) is 4.40 Å². The minimum absolute atomic E-state index is 0.383. The summed E-state index contributed by atoms with van der Waals surface area (Å²) in [7, 11) is -1.29. The second-order valence-electron chi connectivity index (χ2n) is 6.83. The van der Waals surface area contributed by atoms with Crippen molar-refractivity contribution in [3.8, 4) is 5.75 Å². The zero-order valence-electron chi connectivity index (χ0n) is 15.3. The van der Waals surface area contributed by atoms with Gasteiger partial charge in [0.25, 0.3) is 0 Å². The summed E-state index contributed by atoms with van der Waals surface area (Å²) in [5, 5.41) is 0. The highest BCUT2D eigenvalue weighted by atomic mass is 32.2. The Labute approximate surface area is 147 Å². The first-order valence-corrected chi connectivity index (χ1v) is 9.30. The maximum absolute atomic E-state index is 12.1. The van der Waals surface area contributed by atoms with E-state index in [1.165, 1.54) is 0 Å². The molecule has 1 aliphatic heterocycles. The van der Waals surface area contributed by atoms with Gasteiger partial charge in [-0.1, -0.05) is 6.07 Å². The highest BCUT2D eigenvalue weighted by Gasteiger charge is 2.36. The second kappa shape index (κ2) is 7.33. The van der Waals surface area contributed by atoms with Gasteiger partial charge in [-0.2, -0.15) is 4.40 Å². The third-order valence-corrected chi connectivity index (χ3v) is 5.22. The van der Waals surface area contributed by atoms with Crippen LogP contribution in [0.5, 0.6) is 5.75 Å². The van der Waals surface area contributed by atoms with Crippen molar-refractivity contribution in [3.05, 3.63) is 28.8 Å². The molecule has 0 amide bonds. The van der Waals surface area contributed by atoms with Crippen molar-refractivity contribution in [2.45, 2.75) is 52.1 Å². The van der Waals surface area contributed by atoms with Crippen molar-refractivity contribution in [2.75, 3.05) is 19.8 Å². The smallest absolute Gasteiger partial charge is 0.195 e. The molecule has 1 saturated heterocycles. The van der Waals surface area contributed by atoms with Gasteiger partial charge >= 0.3 is 0 Å². The van der Waals surface area contributed by atoms with Crippen LogP contribution in [-0.2, 0) is 26.2 Å². The molecule has 0 N–H and O–H groups in total. The minimum Gasteiger partial charge on any atom is -0.493 e. The molecular weight excluding hydrogens is 326 g/mol. The Morgan fingerprint density at radius 2 is 1.96 bits per heavy atom. The Bertz CT molecular complexity index is 643. The number of nitrogens with zero attached hydrogens (tertiary/aromatic N) is 1. The van der Waals surface area contributed by atoms with Crippen molar-refractivity contribution in [3.63, 3.8) is 0 Å². The lowest BCUT2D eigenvalue weighted by Crippen LogP contribution is -2.24. The van der Waals surface area contributed by atoms with Crippen LogP contribution in [-0.4, -0.2) is 35.0 Å². The number of rotatable bonds is 5. The van der Waals surface area contributed by atoms with Gasteiger partial charge in [0.15, 0.2) is 5.79 Å². The maximum atomic E-state index is 12.1. The monoisotopic (exact) mass is 353 g/mol. The first-order chi connectivity index (χ1) is 11.2. The van der Waals surface area contributed by atoms with Crippen LogP contribution in [0, 0.1) is 6.92 Å². The molecule has 1 fully saturated rings. The average molecular weight is 353 g/mol. The molecule has 0 spiro atoms. The minimum atomic E-state index is -1.29. The number of hydrogen-bond donors (Lipinski definition) is 0. The van der Waals surface area contributed by atoms with E-state index < -0.39 is 16.8 Å². The highest BCUT2D eigenvalue weighted by Crippen LogP contribution is 2.39. The zero-order chi connectivity index (χ0) is 18.0. The highest BCUT2D eigenvalue weighted by molar-refractivity contribution is 7.85. The maximum Gasteiger partial charge on any atom is 0.195 e. The summed E-state index contributed by atoms with van der Waals surface area (Å²) >= 11 is 0. The normalized spacial score (nSPS) is 18.9. The Kier molecular flexibility index (Phi) is 5.83. The van der Waals surface area contributed by atoms with Crippen LogP contribution in [0.4, 0.5) is 0 Å². The van der Waals surface area contributed by atoms with E-state index >= 15 is 0 Å². The summed E-state index contributed by atoms with van der Waals surface area (Å²) in [6.07, 6.45) is 1.65. The third kappa shape index (κ3) is 4.05. The molecule has 1 atom stereocenters. The van der Waals surface area contributed by atoms with Gasteiger partial charge in [-0.15, -0.1) is 0 Å². The fraction of sp³-hybridized carbons (Fsp3) is 0.611. The molecule has 0 radical (unpaired) electrons. The molecule has 2 rings (SSSR count). The van der Waals surface area contributed by atoms with Crippen molar-refractivity contribution in [1.82, 2.24) is 0 Å². The lowest BCUT2D eigenvalue weighted by molar-refractivity contribution is -0.150. The predicted molar refractivity (Wildman–Crippen MR) is 97.1 cm³/mol. The lowest BCUT2D eigenvalue weighted by atomic mass is 9.99. The summed E-state index contributed by atoms with van der Waals surface area (Å²) in [5.41, 5.74) is 2.68. The average Bonchev–Trinajstić information content (AvgIpc) is 2.94. The summed E-state index contributed by atoms with van der Waals surface area (Å²) in [5.74, 6) is -0.0495. The van der Waals surface area contributed by atoms with E-state index in [1.807, 2.05) is 53.7 Å². The van der Waals surface area contributed by atoms with Gasteiger partial charge in [-0.25, -0.2) is 4.21 Å². The Hall–Kier alpha value is -1.24. The molecule has 134 valence electrons. The van der Waals surface area contributed by atoms with E-state index in [2.05, 4.69) is 4.40 Å². The Balaban J connectivity index is 2.41. The van der Waals surface area contributed by atoms with E-state index in [9.17, 15) is 4.21 Å². The molecule has 0 unspecified atom stereocenters. The summed E-state index contributed by atoms with van der Waals surface area (Å²) < 4.78 is 33.3. The van der Waals surface area contributed by atoms with Gasteiger partial charge in [0.2, 0.25) is 0 Å². The SMILES string of the molecule is CCOc1c(C2(C)OCCO2)ccc(/C=N/[S@@](=O)C(C)(C)C)c1C. The van der Waals surface area contributed by atoms with Crippen molar-refractivity contribution < 1.29 is 18.4 Å². The molecule has 24 heavy (non-hydrogen) atoms. The molecule has 1 aromatic rings. The molecule has 1 aromatic carbocycles. The van der Waals surface area contributed by atoms with E-state index in [4.69, 9.17) is 14.2 Å². The molecule has 0 bridgehead atoms. The molecule has 6 heteroatoms. The van der Waals surface area contributed by atoms with Crippen LogP contribution in [0.2, 0.25) is 0 Å². The van der Waals surface area contributed by atoms with E-state index in [0.29, 0.717) is 19.8 Å². The number of benzene rings is 1. The van der Waals surface area contributed by atoms with Crippen molar-refractivity contribution >= 4 is 17.2 Å². The number of hydrogen-bond acceptors (Lipinski definition) is 4. The Morgan fingerprint density at radius 1 is 1.33 bits per heavy atom. The largest absolute Gasteiger partial charge is 0.493 e. The van der Waals surface area contributed by atoms with Gasteiger partial charge in [0.05, 0.1) is 30.1 Å². The van der Waals surface area contributed by atoms with Crippen LogP contribution in [0.1, 0.15) is 51.3 Å². The van der Waals surface area contributed by atoms with Crippen LogP contribution >= 0.6 is 0 Å². The van der Waals surface area contributed by atoms with Gasteiger partial charge in [0, 0.05) is 17.3 Å². The fourth-order valence-electron chi connectivity index (χ4n) is 2.47. The standard InChI is InChI=1S/C18H27NO4S/c1-7-21-16-13(2)14(12-19-24(20)17(3,4)5)8-9-15(16)18(6)22-10-11-23-18/h8-9,12H,7,10-11H2,1-6H3/b19-12+/t24-/m0/s1. The second-order valence-corrected chi connectivity index (χ2v) is 8.76. The van der Waals surface area contributed by atoms with Crippen LogP contribution in [0.15, 0.2) is 16.5 Å². The van der Waals surface area contributed by atoms with Crippen LogP contribution in [0.3, 0.4) is 0 Å². The van der Waals surface area contributed by atoms with Gasteiger partial charge in [0.1, 0.15) is 16.7 Å². The Morgan fingerprint density at radius 3 is 2.50 bits per heavy atom. The lowest BCUT2D eigenvalue weighted by Gasteiger charge is -2.26. The van der Waals surface area contributed by atoms with Gasteiger partial charge in [-0.05, 0) is 47.6 Å². The summed E-state index contributed by atoms with van der Waals surface area (Å²) in [4.78, 5) is 0. The molecular formula is C18H27NO4S. The molecule has 1 heterocycles. The topological polar surface area (TPSA) is 57.1 Å². The molecule has 0 aliphatic carbocycles. The zero-order valence-corrected chi connectivity index (χ0v) is 16.2. The summed E-state index contributed by atoms with van der Waals surface area (Å²) in [6.45, 7) is 13.2. The van der Waals surface area contributed by atoms with Gasteiger partial charge < -0.3 is 14.2 Å². The van der Waals surface area contributed by atoms with Crippen LogP contribution < -0.4 is 4.74 Å². The van der Waals surface area contributed by atoms with Crippen molar-refractivity contribution in [1.29, 1.82) is 0 Å². The third-order valence-electron chi connectivity index (χ3n) is 3.88. The predicted octanol–water partition coefficient (Wildman–Crippen LogP) is 3.49. The van der Waals surface area contributed by atoms with E-state index in [1.54, 1.807) is 6.21 Å². The molecule has 1 aliphatic rings. The van der Waals surface area contributed by atoms with Gasteiger partial charge in [-0.3, -0.25) is 0 Å². The van der Waals surface area contributed by atoms with E-state index in [0.717, 1.165) is 22.4 Å². The molecule has 0 saturated carbocycles. The van der Waals surface area contributed by atoms with E-state index in [-0.39, 0.29) is 4.75 Å². The number of ether oxygens (including phenoxy) is 3. The molecule has 0 aromatic heterocycles. The first kappa shape index (κ1) is 19.1. The van der Waals surface area contributed by atoms with Crippen LogP contribution in [0.25, 0.3) is 0 Å². The fourth-order valence-corrected chi connectivity index (χ4v) is 2.99. The summed E-state index contributed by atoms with van der Waals surface area (Å²) in [6, 6.07) is 3.87.